The van der Waals surface area contributed by atoms with Gasteiger partial charge in [-0.25, -0.2) is 0 Å². The van der Waals surface area contributed by atoms with Gasteiger partial charge in [0.05, 0.1) is 6.67 Å². The van der Waals surface area contributed by atoms with Gasteiger partial charge in [-0.05, 0) is 11.6 Å². The van der Waals surface area contributed by atoms with E-state index in [-0.39, 0.29) is 0 Å². The molecule has 94 valence electrons. The van der Waals surface area contributed by atoms with Crippen molar-refractivity contribution in [3.8, 4) is 0 Å². The number of nitrogens with zero attached hydrogens (tertiary/aromatic N) is 1. The fraction of sp³-hybridized carbons (Fsp3) is 0.250. The Morgan fingerprint density at radius 3 is 2.78 bits per heavy atom. The minimum atomic E-state index is -1.12. The van der Waals surface area contributed by atoms with Gasteiger partial charge in [0.25, 0.3) is 5.91 Å². The Bertz CT molecular complexity index is 501. The number of hydrogen-bond acceptors (Lipinski definition) is 5. The molecule has 3 N–H and O–H groups in total. The van der Waals surface area contributed by atoms with Crippen LogP contribution in [-0.2, 0) is 20.9 Å². The highest BCUT2D eigenvalue weighted by Gasteiger charge is 2.31. The van der Waals surface area contributed by atoms with Crippen molar-refractivity contribution < 1.29 is 14.4 Å². The minimum Gasteiger partial charge on any atom is -0.372 e. The zero-order valence-electron chi connectivity index (χ0n) is 9.63. The second kappa shape index (κ2) is 4.97. The van der Waals surface area contributed by atoms with Gasteiger partial charge in [0.1, 0.15) is 12.3 Å². The fourth-order valence-electron chi connectivity index (χ4n) is 1.95. The maximum atomic E-state index is 11.5. The summed E-state index contributed by atoms with van der Waals surface area (Å²) in [5, 5.41) is 3.08. The van der Waals surface area contributed by atoms with Crippen molar-refractivity contribution >= 4 is 23.7 Å². The third kappa shape index (κ3) is 2.23. The van der Waals surface area contributed by atoms with E-state index in [9.17, 15) is 14.4 Å². The van der Waals surface area contributed by atoms with E-state index >= 15 is 0 Å². The lowest BCUT2D eigenvalue weighted by Crippen LogP contribution is -2.50. The first-order valence-corrected chi connectivity index (χ1v) is 5.48. The molecular weight excluding hydrogens is 234 g/mol. The van der Waals surface area contributed by atoms with Crippen molar-refractivity contribution in [3.63, 3.8) is 0 Å². The molecule has 1 aliphatic rings. The van der Waals surface area contributed by atoms with Crippen LogP contribution in [0, 0.1) is 0 Å². The molecular formula is C12H13N3O3. The van der Waals surface area contributed by atoms with E-state index in [2.05, 4.69) is 5.32 Å². The second-order valence-electron chi connectivity index (χ2n) is 4.05. The van der Waals surface area contributed by atoms with E-state index < -0.39 is 17.7 Å². The number of carbonyl (C=O) groups is 3. The van der Waals surface area contributed by atoms with Gasteiger partial charge >= 0.3 is 0 Å². The van der Waals surface area contributed by atoms with Crippen molar-refractivity contribution in [2.45, 2.75) is 12.6 Å². The molecule has 0 fully saturated rings. The lowest BCUT2D eigenvalue weighted by atomic mass is 10.1. The SMILES string of the molecule is NC(=O)C(=O)C(C=O)N1CNc2ccccc2C1. The first-order chi connectivity index (χ1) is 8.63. The van der Waals surface area contributed by atoms with Crippen LogP contribution in [0.25, 0.3) is 0 Å². The third-order valence-corrected chi connectivity index (χ3v) is 2.90. The summed E-state index contributed by atoms with van der Waals surface area (Å²) in [4.78, 5) is 34.9. The molecule has 18 heavy (non-hydrogen) atoms. The molecule has 1 heterocycles. The topological polar surface area (TPSA) is 92.5 Å². The maximum absolute atomic E-state index is 11.5. The molecule has 0 bridgehead atoms. The van der Waals surface area contributed by atoms with Crippen molar-refractivity contribution in [3.05, 3.63) is 29.8 Å². The van der Waals surface area contributed by atoms with E-state index in [1.807, 2.05) is 24.3 Å². The van der Waals surface area contributed by atoms with Gasteiger partial charge < -0.3 is 15.8 Å². The number of Topliss-reactive ketones (excluding diaryl/α,β-unsaturated/α-hetero) is 1. The molecule has 0 radical (unpaired) electrons. The summed E-state index contributed by atoms with van der Waals surface area (Å²) in [6.07, 6.45) is 0.447. The lowest BCUT2D eigenvalue weighted by molar-refractivity contribution is -0.141. The molecule has 1 aliphatic heterocycles. The zero-order chi connectivity index (χ0) is 13.1. The third-order valence-electron chi connectivity index (χ3n) is 2.90. The molecule has 1 amide bonds. The van der Waals surface area contributed by atoms with Crippen molar-refractivity contribution in [1.82, 2.24) is 4.90 Å². The van der Waals surface area contributed by atoms with Crippen LogP contribution in [-0.4, -0.2) is 35.6 Å². The number of nitrogens with two attached hydrogens (primary N) is 1. The molecule has 0 spiro atoms. The highest BCUT2D eigenvalue weighted by molar-refractivity contribution is 6.40. The molecule has 0 saturated heterocycles. The molecule has 1 aromatic carbocycles. The van der Waals surface area contributed by atoms with Crippen molar-refractivity contribution in [2.75, 3.05) is 12.0 Å². The van der Waals surface area contributed by atoms with Crippen LogP contribution in [0.4, 0.5) is 5.69 Å². The van der Waals surface area contributed by atoms with Crippen LogP contribution >= 0.6 is 0 Å². The number of hydrogen-bond donors (Lipinski definition) is 2. The van der Waals surface area contributed by atoms with Crippen LogP contribution in [0.15, 0.2) is 24.3 Å². The Morgan fingerprint density at radius 2 is 2.11 bits per heavy atom. The van der Waals surface area contributed by atoms with E-state index in [1.54, 1.807) is 4.90 Å². The number of ketones is 1. The van der Waals surface area contributed by atoms with Gasteiger partial charge in [0.15, 0.2) is 0 Å². The number of carbonyl (C=O) groups excluding carboxylic acids is 3. The summed E-state index contributed by atoms with van der Waals surface area (Å²) in [5.74, 6) is -1.97. The van der Waals surface area contributed by atoms with E-state index in [4.69, 9.17) is 5.73 Å². The number of fused-ring (bicyclic) bond motifs is 1. The van der Waals surface area contributed by atoms with E-state index in [0.29, 0.717) is 19.5 Å². The molecule has 1 unspecified atom stereocenters. The molecule has 1 atom stereocenters. The number of anilines is 1. The Morgan fingerprint density at radius 1 is 1.39 bits per heavy atom. The van der Waals surface area contributed by atoms with Gasteiger partial charge in [0.2, 0.25) is 5.78 Å². The molecule has 2 rings (SSSR count). The van der Waals surface area contributed by atoms with Crippen LogP contribution in [0.3, 0.4) is 0 Å². The minimum absolute atomic E-state index is 0.319. The van der Waals surface area contributed by atoms with Crippen LogP contribution in [0.1, 0.15) is 5.56 Å². The van der Waals surface area contributed by atoms with Crippen LogP contribution in [0.2, 0.25) is 0 Å². The summed E-state index contributed by atoms with van der Waals surface area (Å²) >= 11 is 0. The number of para-hydroxylation sites is 1. The predicted molar refractivity (Wildman–Crippen MR) is 64.5 cm³/mol. The maximum Gasteiger partial charge on any atom is 0.286 e. The Kier molecular flexibility index (Phi) is 3.38. The molecule has 0 saturated carbocycles. The summed E-state index contributed by atoms with van der Waals surface area (Å²) < 4.78 is 0. The van der Waals surface area contributed by atoms with Gasteiger partial charge in [-0.2, -0.15) is 0 Å². The molecule has 1 aromatic rings. The monoisotopic (exact) mass is 247 g/mol. The normalized spacial score (nSPS) is 16.2. The average Bonchev–Trinajstić information content (AvgIpc) is 2.39. The highest BCUT2D eigenvalue weighted by atomic mass is 16.2. The van der Waals surface area contributed by atoms with E-state index in [0.717, 1.165) is 11.3 Å². The first-order valence-electron chi connectivity index (χ1n) is 5.48. The van der Waals surface area contributed by atoms with Crippen molar-refractivity contribution in [1.29, 1.82) is 0 Å². The number of benzene rings is 1. The second-order valence-corrected chi connectivity index (χ2v) is 4.05. The summed E-state index contributed by atoms with van der Waals surface area (Å²) in [6.45, 7) is 0.741. The predicted octanol–water partition coefficient (Wildman–Crippen LogP) is -0.507. The molecule has 6 nitrogen and oxygen atoms in total. The van der Waals surface area contributed by atoms with Crippen LogP contribution < -0.4 is 11.1 Å². The number of amides is 1. The smallest absolute Gasteiger partial charge is 0.286 e. The number of rotatable bonds is 4. The highest BCUT2D eigenvalue weighted by Crippen LogP contribution is 2.22. The standard InChI is InChI=1S/C12H13N3O3/c13-12(18)11(17)10(6-16)15-5-8-3-1-2-4-9(8)14-7-15/h1-4,6,10,14H,5,7H2,(H2,13,18). The zero-order valence-corrected chi connectivity index (χ0v) is 9.63. The molecule has 6 heteroatoms. The van der Waals surface area contributed by atoms with Gasteiger partial charge in [-0.15, -0.1) is 0 Å². The number of primary amides is 1. The van der Waals surface area contributed by atoms with E-state index in [1.165, 1.54) is 0 Å². The summed E-state index contributed by atoms with van der Waals surface area (Å²) in [7, 11) is 0. The van der Waals surface area contributed by atoms with Gasteiger partial charge in [-0.3, -0.25) is 14.5 Å². The van der Waals surface area contributed by atoms with Gasteiger partial charge in [0, 0.05) is 12.2 Å². The largest absolute Gasteiger partial charge is 0.372 e. The fourth-order valence-corrected chi connectivity index (χ4v) is 1.95. The number of nitrogens with one attached hydrogen (secondary N) is 1. The lowest BCUT2D eigenvalue weighted by Gasteiger charge is -2.32. The number of aldehydes is 1. The van der Waals surface area contributed by atoms with Crippen LogP contribution in [0.5, 0.6) is 0 Å². The van der Waals surface area contributed by atoms with Crippen molar-refractivity contribution in [2.24, 2.45) is 5.73 Å². The summed E-state index contributed by atoms with van der Waals surface area (Å²) in [6, 6.07) is 6.45. The molecule has 0 aliphatic carbocycles. The Labute approximate surface area is 104 Å². The Balaban J connectivity index is 2.19. The van der Waals surface area contributed by atoms with Gasteiger partial charge in [-0.1, -0.05) is 18.2 Å². The quantitative estimate of drug-likeness (QED) is 0.425. The molecule has 0 aromatic heterocycles. The average molecular weight is 247 g/mol. The first kappa shape index (κ1) is 12.3. The summed E-state index contributed by atoms with van der Waals surface area (Å²) in [5.41, 5.74) is 6.85. The Hall–Kier alpha value is -2.21.